The zero-order valence-electron chi connectivity index (χ0n) is 16.9. The highest BCUT2D eigenvalue weighted by Gasteiger charge is 2.16. The largest absolute Gasteiger partial charge is 0.378 e. The fourth-order valence-corrected chi connectivity index (χ4v) is 3.58. The van der Waals surface area contributed by atoms with E-state index in [1.165, 1.54) is 11.3 Å². The fourth-order valence-electron chi connectivity index (χ4n) is 2.96. The van der Waals surface area contributed by atoms with Crippen LogP contribution in [0.2, 0.25) is 0 Å². The van der Waals surface area contributed by atoms with Crippen molar-refractivity contribution in [3.8, 4) is 0 Å². The molecule has 5 nitrogen and oxygen atoms in total. The molecular weight excluding hydrogens is 382 g/mol. The van der Waals surface area contributed by atoms with Gasteiger partial charge >= 0.3 is 0 Å². The summed E-state index contributed by atoms with van der Waals surface area (Å²) in [4.78, 5) is 29.8. The summed E-state index contributed by atoms with van der Waals surface area (Å²) in [6.07, 6.45) is 0. The van der Waals surface area contributed by atoms with Crippen molar-refractivity contribution in [3.05, 3.63) is 82.0 Å². The highest BCUT2D eigenvalue weighted by Crippen LogP contribution is 2.18. The van der Waals surface area contributed by atoms with Crippen molar-refractivity contribution in [2.75, 3.05) is 30.9 Å². The number of carbonyl (C=O) groups is 2. The molecule has 3 aromatic rings. The smallest absolute Gasteiger partial charge is 0.265 e. The molecule has 150 valence electrons. The van der Waals surface area contributed by atoms with Gasteiger partial charge in [-0.25, -0.2) is 0 Å². The molecule has 1 aromatic heterocycles. The van der Waals surface area contributed by atoms with Crippen LogP contribution in [0.15, 0.2) is 66.0 Å². The van der Waals surface area contributed by atoms with Crippen LogP contribution in [-0.4, -0.2) is 37.4 Å². The molecule has 0 aliphatic heterocycles. The quantitative estimate of drug-likeness (QED) is 0.616. The SMILES string of the molecule is CCN(Cc1ccc(N(C)C)cc1)C(=O)c1cccc(NC(=O)c2cccs2)c1. The lowest BCUT2D eigenvalue weighted by atomic mass is 10.1. The first-order valence-corrected chi connectivity index (χ1v) is 10.4. The van der Waals surface area contributed by atoms with Crippen molar-refractivity contribution < 1.29 is 9.59 Å². The van der Waals surface area contributed by atoms with Gasteiger partial charge in [-0.2, -0.15) is 0 Å². The van der Waals surface area contributed by atoms with E-state index < -0.39 is 0 Å². The maximum Gasteiger partial charge on any atom is 0.265 e. The Balaban J connectivity index is 1.71. The lowest BCUT2D eigenvalue weighted by molar-refractivity contribution is 0.0752. The number of anilines is 2. The van der Waals surface area contributed by atoms with Crippen LogP contribution in [0.5, 0.6) is 0 Å². The molecule has 1 heterocycles. The van der Waals surface area contributed by atoms with Gasteiger partial charge in [0.05, 0.1) is 4.88 Å². The summed E-state index contributed by atoms with van der Waals surface area (Å²) in [5.41, 5.74) is 3.37. The van der Waals surface area contributed by atoms with E-state index in [0.29, 0.717) is 29.2 Å². The minimum atomic E-state index is -0.169. The zero-order chi connectivity index (χ0) is 20.8. The van der Waals surface area contributed by atoms with Crippen LogP contribution in [0.1, 0.15) is 32.5 Å². The van der Waals surface area contributed by atoms with E-state index >= 15 is 0 Å². The number of benzene rings is 2. The molecular formula is C23H25N3O2S. The monoisotopic (exact) mass is 407 g/mol. The van der Waals surface area contributed by atoms with Crippen LogP contribution in [0, 0.1) is 0 Å². The van der Waals surface area contributed by atoms with E-state index in [1.54, 1.807) is 35.2 Å². The maximum absolute atomic E-state index is 13.0. The molecule has 1 N–H and O–H groups in total. The minimum absolute atomic E-state index is 0.0589. The van der Waals surface area contributed by atoms with E-state index in [4.69, 9.17) is 0 Å². The Hall–Kier alpha value is -3.12. The van der Waals surface area contributed by atoms with Crippen molar-refractivity contribution in [3.63, 3.8) is 0 Å². The molecule has 0 saturated heterocycles. The van der Waals surface area contributed by atoms with Gasteiger partial charge < -0.3 is 15.1 Å². The van der Waals surface area contributed by atoms with Crippen molar-refractivity contribution >= 4 is 34.5 Å². The first kappa shape index (κ1) is 20.6. The Morgan fingerprint density at radius 1 is 1.00 bits per heavy atom. The van der Waals surface area contributed by atoms with E-state index in [-0.39, 0.29) is 11.8 Å². The summed E-state index contributed by atoms with van der Waals surface area (Å²) >= 11 is 1.38. The lowest BCUT2D eigenvalue weighted by Crippen LogP contribution is -2.30. The van der Waals surface area contributed by atoms with Crippen LogP contribution >= 0.6 is 11.3 Å². The molecule has 29 heavy (non-hydrogen) atoms. The van der Waals surface area contributed by atoms with Crippen LogP contribution in [0.4, 0.5) is 11.4 Å². The molecule has 0 spiro atoms. The molecule has 0 bridgehead atoms. The standard InChI is InChI=1S/C23H25N3O2S/c1-4-26(16-17-10-12-20(13-11-17)25(2)3)23(28)18-7-5-8-19(15-18)24-22(27)21-9-6-14-29-21/h5-15H,4,16H2,1-3H3,(H,24,27). The van der Waals surface area contributed by atoms with Gasteiger partial charge in [0.2, 0.25) is 0 Å². The molecule has 0 atom stereocenters. The summed E-state index contributed by atoms with van der Waals surface area (Å²) in [6, 6.07) is 18.9. The number of hydrogen-bond donors (Lipinski definition) is 1. The Labute approximate surface area is 175 Å². The van der Waals surface area contributed by atoms with Gasteiger partial charge in [0, 0.05) is 44.1 Å². The molecule has 0 radical (unpaired) electrons. The van der Waals surface area contributed by atoms with Gasteiger partial charge in [-0.1, -0.05) is 24.3 Å². The number of thiophene rings is 1. The first-order chi connectivity index (χ1) is 14.0. The second-order valence-electron chi connectivity index (χ2n) is 6.89. The molecule has 0 aliphatic carbocycles. The maximum atomic E-state index is 13.0. The summed E-state index contributed by atoms with van der Waals surface area (Å²) in [7, 11) is 4.00. The second kappa shape index (κ2) is 9.39. The number of hydrogen-bond acceptors (Lipinski definition) is 4. The number of amides is 2. The molecule has 2 amide bonds. The highest BCUT2D eigenvalue weighted by molar-refractivity contribution is 7.12. The van der Waals surface area contributed by atoms with Crippen molar-refractivity contribution in [1.29, 1.82) is 0 Å². The Morgan fingerprint density at radius 2 is 1.76 bits per heavy atom. The van der Waals surface area contributed by atoms with Crippen molar-refractivity contribution in [2.45, 2.75) is 13.5 Å². The van der Waals surface area contributed by atoms with Crippen LogP contribution < -0.4 is 10.2 Å². The lowest BCUT2D eigenvalue weighted by Gasteiger charge is -2.22. The third kappa shape index (κ3) is 5.23. The van der Waals surface area contributed by atoms with Gasteiger partial charge in [0.15, 0.2) is 0 Å². The molecule has 0 unspecified atom stereocenters. The summed E-state index contributed by atoms with van der Waals surface area (Å²) in [5.74, 6) is -0.227. The average molecular weight is 408 g/mol. The number of carbonyl (C=O) groups excluding carboxylic acids is 2. The van der Waals surface area contributed by atoms with Crippen LogP contribution in [0.25, 0.3) is 0 Å². The molecule has 2 aromatic carbocycles. The third-order valence-electron chi connectivity index (χ3n) is 4.61. The third-order valence-corrected chi connectivity index (χ3v) is 5.48. The number of nitrogens with one attached hydrogen (secondary N) is 1. The van der Waals surface area contributed by atoms with Crippen molar-refractivity contribution in [1.82, 2.24) is 4.90 Å². The Bertz CT molecular complexity index is 966. The van der Waals surface area contributed by atoms with Crippen molar-refractivity contribution in [2.24, 2.45) is 0 Å². The van der Waals surface area contributed by atoms with E-state index in [9.17, 15) is 9.59 Å². The number of nitrogens with zero attached hydrogens (tertiary/aromatic N) is 2. The molecule has 3 rings (SSSR count). The van der Waals surface area contributed by atoms with Crippen LogP contribution in [-0.2, 0) is 6.54 Å². The molecule has 0 fully saturated rings. The second-order valence-corrected chi connectivity index (χ2v) is 7.84. The zero-order valence-corrected chi connectivity index (χ0v) is 17.7. The van der Waals surface area contributed by atoms with Gasteiger partial charge in [-0.3, -0.25) is 9.59 Å². The predicted molar refractivity (Wildman–Crippen MR) is 120 cm³/mol. The highest BCUT2D eigenvalue weighted by atomic mass is 32.1. The molecule has 0 saturated carbocycles. The summed E-state index contributed by atoms with van der Waals surface area (Å²) in [5, 5.41) is 4.72. The van der Waals surface area contributed by atoms with Gasteiger partial charge in [-0.15, -0.1) is 11.3 Å². The van der Waals surface area contributed by atoms with Gasteiger partial charge in [0.25, 0.3) is 11.8 Å². The van der Waals surface area contributed by atoms with E-state index in [1.807, 2.05) is 61.6 Å². The first-order valence-electron chi connectivity index (χ1n) is 9.48. The summed E-state index contributed by atoms with van der Waals surface area (Å²) in [6.45, 7) is 3.10. The molecule has 6 heteroatoms. The molecule has 0 aliphatic rings. The van der Waals surface area contributed by atoms with E-state index in [2.05, 4.69) is 5.32 Å². The normalized spacial score (nSPS) is 10.4. The minimum Gasteiger partial charge on any atom is -0.378 e. The Kier molecular flexibility index (Phi) is 6.67. The van der Waals surface area contributed by atoms with E-state index in [0.717, 1.165) is 11.3 Å². The van der Waals surface area contributed by atoms with Gasteiger partial charge in [-0.05, 0) is 54.3 Å². The average Bonchev–Trinajstić information content (AvgIpc) is 3.27. The Morgan fingerprint density at radius 3 is 2.38 bits per heavy atom. The fraction of sp³-hybridized carbons (Fsp3) is 0.217. The van der Waals surface area contributed by atoms with Gasteiger partial charge in [0.1, 0.15) is 0 Å². The predicted octanol–water partition coefficient (Wildman–Crippen LogP) is 4.73. The topological polar surface area (TPSA) is 52.6 Å². The number of rotatable bonds is 7. The summed E-state index contributed by atoms with van der Waals surface area (Å²) < 4.78 is 0. The van der Waals surface area contributed by atoms with Crippen LogP contribution in [0.3, 0.4) is 0 Å².